The maximum atomic E-state index is 13.3. The minimum atomic E-state index is -2.62. The average molecular weight is 219 g/mol. The summed E-state index contributed by atoms with van der Waals surface area (Å²) in [7, 11) is 1.29. The summed E-state index contributed by atoms with van der Waals surface area (Å²) < 4.78 is 31.2. The lowest BCUT2D eigenvalue weighted by Crippen LogP contribution is -2.68. The Morgan fingerprint density at radius 3 is 2.67 bits per heavy atom. The van der Waals surface area contributed by atoms with E-state index in [-0.39, 0.29) is 12.8 Å². The molecule has 3 nitrogen and oxygen atoms in total. The zero-order chi connectivity index (χ0) is 11.1. The molecule has 0 aromatic heterocycles. The number of carbonyl (C=O) groups is 1. The number of hydrogen-bond donors (Lipinski definition) is 1. The van der Waals surface area contributed by atoms with Crippen LogP contribution in [-0.2, 0) is 9.53 Å². The van der Waals surface area contributed by atoms with Crippen molar-refractivity contribution in [2.45, 2.75) is 37.6 Å². The summed E-state index contributed by atoms with van der Waals surface area (Å²) in [5.74, 6) is -3.04. The predicted molar refractivity (Wildman–Crippen MR) is 49.7 cm³/mol. The summed E-state index contributed by atoms with van der Waals surface area (Å²) in [4.78, 5) is 11.3. The summed E-state index contributed by atoms with van der Waals surface area (Å²) in [6.45, 7) is 0.502. The topological polar surface area (TPSA) is 38.3 Å². The van der Waals surface area contributed by atoms with E-state index < -0.39 is 23.3 Å². The highest BCUT2D eigenvalue weighted by atomic mass is 19.3. The van der Waals surface area contributed by atoms with Crippen LogP contribution in [0.25, 0.3) is 0 Å². The Morgan fingerprint density at radius 2 is 2.20 bits per heavy atom. The molecule has 0 amide bonds. The Kier molecular flexibility index (Phi) is 2.45. The predicted octanol–water partition coefficient (Wildman–Crippen LogP) is 1.33. The van der Waals surface area contributed by atoms with Crippen molar-refractivity contribution in [2.24, 2.45) is 5.41 Å². The van der Waals surface area contributed by atoms with Crippen LogP contribution in [0.2, 0.25) is 0 Å². The van der Waals surface area contributed by atoms with Crippen LogP contribution in [-0.4, -0.2) is 31.6 Å². The summed E-state index contributed by atoms with van der Waals surface area (Å²) in [5, 5.41) is 2.89. The number of nitrogens with one attached hydrogen (secondary N) is 1. The molecule has 0 aromatic rings. The van der Waals surface area contributed by atoms with Crippen LogP contribution in [0, 0.1) is 5.41 Å². The first-order valence-corrected chi connectivity index (χ1v) is 5.18. The summed E-state index contributed by atoms with van der Waals surface area (Å²) in [6.07, 6.45) is 0.937. The molecule has 15 heavy (non-hydrogen) atoms. The molecule has 2 fully saturated rings. The van der Waals surface area contributed by atoms with Gasteiger partial charge in [-0.1, -0.05) is 0 Å². The number of methoxy groups -OCH3 is 1. The smallest absolute Gasteiger partial charge is 0.323 e. The van der Waals surface area contributed by atoms with Crippen molar-refractivity contribution in [3.8, 4) is 0 Å². The molecule has 5 heteroatoms. The molecule has 1 heterocycles. The lowest BCUT2D eigenvalue weighted by atomic mass is 9.63. The SMILES string of the molecule is COC(=O)[C@H]1NC[C@@]12CCCC(F)(F)C2. The first-order chi connectivity index (χ1) is 6.99. The Balaban J connectivity index is 2.10. The van der Waals surface area contributed by atoms with Crippen LogP contribution in [0.5, 0.6) is 0 Å². The molecular formula is C10H15F2NO2. The summed E-state index contributed by atoms with van der Waals surface area (Å²) >= 11 is 0. The molecule has 1 saturated heterocycles. The largest absolute Gasteiger partial charge is 0.468 e. The minimum Gasteiger partial charge on any atom is -0.468 e. The molecule has 2 atom stereocenters. The molecule has 1 saturated carbocycles. The second-order valence-corrected chi connectivity index (χ2v) is 4.59. The average Bonchev–Trinajstić information content (AvgIpc) is 2.14. The molecule has 0 aromatic carbocycles. The number of esters is 1. The normalized spacial score (nSPS) is 38.5. The maximum Gasteiger partial charge on any atom is 0.323 e. The molecule has 0 radical (unpaired) electrons. The molecule has 0 bridgehead atoms. The fraction of sp³-hybridized carbons (Fsp3) is 0.900. The fourth-order valence-electron chi connectivity index (χ4n) is 2.73. The van der Waals surface area contributed by atoms with Crippen molar-refractivity contribution < 1.29 is 18.3 Å². The van der Waals surface area contributed by atoms with E-state index >= 15 is 0 Å². The van der Waals surface area contributed by atoms with Crippen LogP contribution < -0.4 is 5.32 Å². The van der Waals surface area contributed by atoms with E-state index in [4.69, 9.17) is 0 Å². The highest BCUT2D eigenvalue weighted by Crippen LogP contribution is 2.49. The second-order valence-electron chi connectivity index (χ2n) is 4.59. The van der Waals surface area contributed by atoms with Gasteiger partial charge in [-0.2, -0.15) is 0 Å². The first-order valence-electron chi connectivity index (χ1n) is 5.18. The van der Waals surface area contributed by atoms with Crippen molar-refractivity contribution in [1.82, 2.24) is 5.32 Å². The van der Waals surface area contributed by atoms with Gasteiger partial charge in [0.15, 0.2) is 0 Å². The molecule has 2 rings (SSSR count). The standard InChI is InChI=1S/C10H15F2NO2/c1-15-8(14)7-9(6-13-7)3-2-4-10(11,12)5-9/h7,13H,2-6H2,1H3/t7-,9+/m1/s1. The monoisotopic (exact) mass is 219 g/mol. The van der Waals surface area contributed by atoms with E-state index in [9.17, 15) is 13.6 Å². The molecule has 1 N–H and O–H groups in total. The van der Waals surface area contributed by atoms with Crippen molar-refractivity contribution in [3.05, 3.63) is 0 Å². The third kappa shape index (κ3) is 1.73. The summed E-state index contributed by atoms with van der Waals surface area (Å²) in [6, 6.07) is -0.534. The van der Waals surface area contributed by atoms with Gasteiger partial charge < -0.3 is 10.1 Å². The summed E-state index contributed by atoms with van der Waals surface area (Å²) in [5.41, 5.74) is -0.561. The highest BCUT2D eigenvalue weighted by Gasteiger charge is 2.57. The third-order valence-corrected chi connectivity index (χ3v) is 3.54. The van der Waals surface area contributed by atoms with Gasteiger partial charge >= 0.3 is 5.97 Å². The van der Waals surface area contributed by atoms with E-state index in [1.165, 1.54) is 7.11 Å². The van der Waals surface area contributed by atoms with Crippen molar-refractivity contribution in [3.63, 3.8) is 0 Å². The van der Waals surface area contributed by atoms with Gasteiger partial charge in [-0.15, -0.1) is 0 Å². The molecule has 86 valence electrons. The van der Waals surface area contributed by atoms with Gasteiger partial charge in [0.2, 0.25) is 5.92 Å². The fourth-order valence-corrected chi connectivity index (χ4v) is 2.73. The van der Waals surface area contributed by atoms with Crippen molar-refractivity contribution >= 4 is 5.97 Å². The van der Waals surface area contributed by atoms with Crippen LogP contribution in [0.15, 0.2) is 0 Å². The van der Waals surface area contributed by atoms with Crippen molar-refractivity contribution in [1.29, 1.82) is 0 Å². The number of ether oxygens (including phenoxy) is 1. The molecule has 2 aliphatic rings. The van der Waals surface area contributed by atoms with Gasteiger partial charge in [0.25, 0.3) is 0 Å². The Morgan fingerprint density at radius 1 is 1.47 bits per heavy atom. The molecular weight excluding hydrogens is 204 g/mol. The van der Waals surface area contributed by atoms with Crippen LogP contribution in [0.4, 0.5) is 8.78 Å². The molecule has 1 aliphatic heterocycles. The number of alkyl halides is 2. The Labute approximate surface area is 87.2 Å². The van der Waals surface area contributed by atoms with Crippen molar-refractivity contribution in [2.75, 3.05) is 13.7 Å². The second kappa shape index (κ2) is 3.40. The minimum absolute atomic E-state index is 0.0529. The van der Waals surface area contributed by atoms with Gasteiger partial charge in [0, 0.05) is 24.8 Å². The lowest BCUT2D eigenvalue weighted by molar-refractivity contribution is -0.163. The third-order valence-electron chi connectivity index (χ3n) is 3.54. The Hall–Kier alpha value is -0.710. The van der Waals surface area contributed by atoms with E-state index in [0.29, 0.717) is 19.4 Å². The molecule has 0 unspecified atom stereocenters. The van der Waals surface area contributed by atoms with Gasteiger partial charge in [-0.05, 0) is 12.8 Å². The number of rotatable bonds is 1. The van der Waals surface area contributed by atoms with Crippen LogP contribution in [0.1, 0.15) is 25.7 Å². The van der Waals surface area contributed by atoms with Gasteiger partial charge in [0.1, 0.15) is 6.04 Å². The lowest BCUT2D eigenvalue weighted by Gasteiger charge is -2.52. The maximum absolute atomic E-state index is 13.3. The zero-order valence-electron chi connectivity index (χ0n) is 8.69. The van der Waals surface area contributed by atoms with E-state index in [1.807, 2.05) is 0 Å². The van der Waals surface area contributed by atoms with Crippen LogP contribution >= 0.6 is 0 Å². The number of carbonyl (C=O) groups excluding carboxylic acids is 1. The molecule has 1 spiro atoms. The van der Waals surface area contributed by atoms with E-state index in [2.05, 4.69) is 10.1 Å². The first kappa shape index (κ1) is 10.8. The van der Waals surface area contributed by atoms with Crippen LogP contribution in [0.3, 0.4) is 0 Å². The zero-order valence-corrected chi connectivity index (χ0v) is 8.69. The number of halogens is 2. The van der Waals surface area contributed by atoms with E-state index in [0.717, 1.165) is 0 Å². The van der Waals surface area contributed by atoms with Gasteiger partial charge in [-0.3, -0.25) is 4.79 Å². The van der Waals surface area contributed by atoms with E-state index in [1.54, 1.807) is 0 Å². The highest BCUT2D eigenvalue weighted by molar-refractivity contribution is 5.78. The number of hydrogen-bond acceptors (Lipinski definition) is 3. The molecule has 1 aliphatic carbocycles. The Bertz CT molecular complexity index is 283. The quantitative estimate of drug-likeness (QED) is 0.676. The van der Waals surface area contributed by atoms with Gasteiger partial charge in [-0.25, -0.2) is 8.78 Å². The van der Waals surface area contributed by atoms with Gasteiger partial charge in [0.05, 0.1) is 7.11 Å².